The maximum absolute atomic E-state index is 12.1. The van der Waals surface area contributed by atoms with Gasteiger partial charge in [0, 0.05) is 31.4 Å². The Morgan fingerprint density at radius 2 is 1.58 bits per heavy atom. The van der Waals surface area contributed by atoms with Crippen LogP contribution in [0.1, 0.15) is 55.2 Å². The number of anilines is 1. The number of carbonyl (C=O) groups is 2. The minimum Gasteiger partial charge on any atom is -0.367 e. The van der Waals surface area contributed by atoms with Crippen LogP contribution in [-0.2, 0) is 29.0 Å². The molecule has 164 valence electrons. The molecule has 2 N–H and O–H groups in total. The van der Waals surface area contributed by atoms with Crippen LogP contribution in [0.5, 0.6) is 0 Å². The summed E-state index contributed by atoms with van der Waals surface area (Å²) in [5.74, 6) is -1.01. The Kier molecular flexibility index (Phi) is 7.23. The Labute approximate surface area is 185 Å². The van der Waals surface area contributed by atoms with Gasteiger partial charge in [-0.05, 0) is 54.5 Å². The molecule has 1 fully saturated rings. The zero-order valence-electron chi connectivity index (χ0n) is 18.2. The standard InChI is InChI=1S/C26H33N3O2/c30-25(26(31)28-23-9-3-1-2-4-10-23)27-17-15-20-11-13-24(14-12-20)29-18-16-21-7-5-6-8-22(21)19-29/h5-8,11-14,23H,1-4,9-10,15-19H2,(H,27,30)(H,28,31). The molecule has 5 nitrogen and oxygen atoms in total. The second-order valence-corrected chi connectivity index (χ2v) is 8.77. The highest BCUT2D eigenvalue weighted by Crippen LogP contribution is 2.24. The van der Waals surface area contributed by atoms with Gasteiger partial charge in [-0.2, -0.15) is 0 Å². The Morgan fingerprint density at radius 3 is 2.32 bits per heavy atom. The summed E-state index contributed by atoms with van der Waals surface area (Å²) in [7, 11) is 0. The zero-order valence-corrected chi connectivity index (χ0v) is 18.2. The van der Waals surface area contributed by atoms with Gasteiger partial charge < -0.3 is 15.5 Å². The molecule has 1 aliphatic heterocycles. The highest BCUT2D eigenvalue weighted by atomic mass is 16.2. The van der Waals surface area contributed by atoms with E-state index >= 15 is 0 Å². The van der Waals surface area contributed by atoms with Crippen molar-refractivity contribution in [3.63, 3.8) is 0 Å². The highest BCUT2D eigenvalue weighted by molar-refractivity contribution is 6.35. The summed E-state index contributed by atoms with van der Waals surface area (Å²) in [6.07, 6.45) is 8.46. The minimum absolute atomic E-state index is 0.148. The van der Waals surface area contributed by atoms with E-state index in [1.807, 2.05) is 0 Å². The molecule has 0 aromatic heterocycles. The first-order chi connectivity index (χ1) is 15.2. The molecule has 0 spiro atoms. The van der Waals surface area contributed by atoms with Crippen LogP contribution < -0.4 is 15.5 Å². The number of amides is 2. The van der Waals surface area contributed by atoms with Gasteiger partial charge in [0.2, 0.25) is 0 Å². The van der Waals surface area contributed by atoms with Crippen molar-refractivity contribution in [1.29, 1.82) is 0 Å². The van der Waals surface area contributed by atoms with E-state index in [9.17, 15) is 9.59 Å². The van der Waals surface area contributed by atoms with Gasteiger partial charge in [-0.15, -0.1) is 0 Å². The van der Waals surface area contributed by atoms with Gasteiger partial charge in [0.25, 0.3) is 0 Å². The van der Waals surface area contributed by atoms with Crippen LogP contribution in [0.25, 0.3) is 0 Å². The van der Waals surface area contributed by atoms with Crippen molar-refractivity contribution in [2.24, 2.45) is 0 Å². The Bertz CT molecular complexity index is 886. The third-order valence-electron chi connectivity index (χ3n) is 6.53. The number of benzene rings is 2. The lowest BCUT2D eigenvalue weighted by molar-refractivity contribution is -0.139. The van der Waals surface area contributed by atoms with Gasteiger partial charge >= 0.3 is 11.8 Å². The van der Waals surface area contributed by atoms with Crippen LogP contribution in [0.2, 0.25) is 0 Å². The van der Waals surface area contributed by atoms with Crippen molar-refractivity contribution in [3.05, 3.63) is 65.2 Å². The van der Waals surface area contributed by atoms with E-state index in [0.29, 0.717) is 13.0 Å². The van der Waals surface area contributed by atoms with Crippen molar-refractivity contribution in [2.45, 2.75) is 64.0 Å². The first kappa shape index (κ1) is 21.4. The number of fused-ring (bicyclic) bond motifs is 1. The molecule has 1 saturated carbocycles. The summed E-state index contributed by atoms with van der Waals surface area (Å²) < 4.78 is 0. The van der Waals surface area contributed by atoms with Crippen LogP contribution in [0.3, 0.4) is 0 Å². The lowest BCUT2D eigenvalue weighted by Gasteiger charge is -2.30. The normalized spacial score (nSPS) is 16.8. The lowest BCUT2D eigenvalue weighted by atomic mass is 9.99. The second kappa shape index (κ2) is 10.5. The number of hydrogen-bond donors (Lipinski definition) is 2. The molecule has 2 aliphatic rings. The average molecular weight is 420 g/mol. The topological polar surface area (TPSA) is 61.4 Å². The largest absolute Gasteiger partial charge is 0.367 e. The summed E-state index contributed by atoms with van der Waals surface area (Å²) in [6.45, 7) is 2.44. The summed E-state index contributed by atoms with van der Waals surface area (Å²) in [5, 5.41) is 5.67. The van der Waals surface area contributed by atoms with Crippen molar-refractivity contribution in [3.8, 4) is 0 Å². The van der Waals surface area contributed by atoms with Crippen molar-refractivity contribution in [1.82, 2.24) is 10.6 Å². The highest BCUT2D eigenvalue weighted by Gasteiger charge is 2.19. The van der Waals surface area contributed by atoms with Gasteiger partial charge in [0.15, 0.2) is 0 Å². The maximum Gasteiger partial charge on any atom is 0.309 e. The second-order valence-electron chi connectivity index (χ2n) is 8.77. The SMILES string of the molecule is O=C(NCCc1ccc(N2CCc3ccccc3C2)cc1)C(=O)NC1CCCCCC1. The average Bonchev–Trinajstić information content (AvgIpc) is 3.08. The number of nitrogens with one attached hydrogen (secondary N) is 2. The van der Waals surface area contributed by atoms with Crippen LogP contribution >= 0.6 is 0 Å². The summed E-state index contributed by atoms with van der Waals surface area (Å²) >= 11 is 0. The van der Waals surface area contributed by atoms with Crippen LogP contribution in [-0.4, -0.2) is 30.9 Å². The van der Waals surface area contributed by atoms with E-state index in [-0.39, 0.29) is 6.04 Å². The molecule has 31 heavy (non-hydrogen) atoms. The molecular weight excluding hydrogens is 386 g/mol. The van der Waals surface area contributed by atoms with Crippen molar-refractivity contribution in [2.75, 3.05) is 18.0 Å². The fourth-order valence-corrected chi connectivity index (χ4v) is 4.66. The molecule has 1 aliphatic carbocycles. The van der Waals surface area contributed by atoms with Crippen molar-refractivity contribution < 1.29 is 9.59 Å². The molecule has 2 amide bonds. The van der Waals surface area contributed by atoms with Gasteiger partial charge in [-0.25, -0.2) is 0 Å². The molecule has 0 bridgehead atoms. The summed E-state index contributed by atoms with van der Waals surface area (Å²) in [6, 6.07) is 17.4. The van der Waals surface area contributed by atoms with E-state index in [0.717, 1.165) is 50.8 Å². The minimum atomic E-state index is -0.521. The predicted octanol–water partition coefficient (Wildman–Crippen LogP) is 3.75. The smallest absolute Gasteiger partial charge is 0.309 e. The molecule has 4 rings (SSSR count). The zero-order chi connectivity index (χ0) is 21.5. The quantitative estimate of drug-likeness (QED) is 0.573. The Balaban J connectivity index is 1.21. The van der Waals surface area contributed by atoms with Crippen molar-refractivity contribution >= 4 is 17.5 Å². The molecule has 0 unspecified atom stereocenters. The molecule has 0 saturated heterocycles. The fourth-order valence-electron chi connectivity index (χ4n) is 4.66. The van der Waals surface area contributed by atoms with Gasteiger partial charge in [-0.3, -0.25) is 9.59 Å². The van der Waals surface area contributed by atoms with Crippen LogP contribution in [0.15, 0.2) is 48.5 Å². The fraction of sp³-hybridized carbons (Fsp3) is 0.462. The molecule has 2 aromatic carbocycles. The van der Waals surface area contributed by atoms with E-state index in [1.54, 1.807) is 0 Å². The maximum atomic E-state index is 12.1. The third kappa shape index (κ3) is 5.87. The lowest BCUT2D eigenvalue weighted by Crippen LogP contribution is -2.44. The number of rotatable bonds is 5. The van der Waals surface area contributed by atoms with Gasteiger partial charge in [0.1, 0.15) is 0 Å². The van der Waals surface area contributed by atoms with E-state index in [4.69, 9.17) is 0 Å². The molecule has 5 heteroatoms. The van der Waals surface area contributed by atoms with Gasteiger partial charge in [-0.1, -0.05) is 62.1 Å². The first-order valence-electron chi connectivity index (χ1n) is 11.7. The molecular formula is C26H33N3O2. The number of carbonyl (C=O) groups excluding carboxylic acids is 2. The molecule has 1 heterocycles. The molecule has 0 radical (unpaired) electrons. The van der Waals surface area contributed by atoms with E-state index in [2.05, 4.69) is 64.1 Å². The predicted molar refractivity (Wildman–Crippen MR) is 124 cm³/mol. The third-order valence-corrected chi connectivity index (χ3v) is 6.53. The number of hydrogen-bond acceptors (Lipinski definition) is 3. The Hall–Kier alpha value is -2.82. The van der Waals surface area contributed by atoms with Crippen LogP contribution in [0, 0.1) is 0 Å². The number of nitrogens with zero attached hydrogens (tertiary/aromatic N) is 1. The van der Waals surface area contributed by atoms with E-state index in [1.165, 1.54) is 29.7 Å². The summed E-state index contributed by atoms with van der Waals surface area (Å²) in [5.41, 5.74) is 5.24. The van der Waals surface area contributed by atoms with Gasteiger partial charge in [0.05, 0.1) is 0 Å². The first-order valence-corrected chi connectivity index (χ1v) is 11.7. The van der Waals surface area contributed by atoms with E-state index < -0.39 is 11.8 Å². The monoisotopic (exact) mass is 419 g/mol. The van der Waals surface area contributed by atoms with Crippen LogP contribution in [0.4, 0.5) is 5.69 Å². The molecule has 0 atom stereocenters. The molecule has 2 aromatic rings. The summed E-state index contributed by atoms with van der Waals surface area (Å²) in [4.78, 5) is 26.7. The Morgan fingerprint density at radius 1 is 0.871 bits per heavy atom.